The second-order valence-electron chi connectivity index (χ2n) is 5.06. The maximum atomic E-state index is 5.65. The van der Waals surface area contributed by atoms with Gasteiger partial charge in [0.25, 0.3) is 0 Å². The molecule has 0 bridgehead atoms. The Morgan fingerprint density at radius 1 is 0.636 bits per heavy atom. The summed E-state index contributed by atoms with van der Waals surface area (Å²) in [5, 5.41) is 1.16. The van der Waals surface area contributed by atoms with Crippen molar-refractivity contribution in [1.82, 2.24) is 0 Å². The standard InChI is InChI=1S/C20H14OS/c1-2-8-15(9-3-1)16-10-5-7-13-19(16)22-20-14-21-18-12-6-4-11-17(18)20/h1-14H. The first kappa shape index (κ1) is 13.2. The van der Waals surface area contributed by atoms with E-state index in [2.05, 4.69) is 54.6 Å². The monoisotopic (exact) mass is 302 g/mol. The second-order valence-corrected chi connectivity index (χ2v) is 6.14. The van der Waals surface area contributed by atoms with Crippen LogP contribution in [0.25, 0.3) is 22.1 Å². The van der Waals surface area contributed by atoms with Crippen molar-refractivity contribution in [3.63, 3.8) is 0 Å². The lowest BCUT2D eigenvalue weighted by Gasteiger charge is -2.08. The van der Waals surface area contributed by atoms with Crippen molar-refractivity contribution in [2.75, 3.05) is 0 Å². The van der Waals surface area contributed by atoms with E-state index in [1.807, 2.05) is 30.5 Å². The van der Waals surface area contributed by atoms with E-state index in [9.17, 15) is 0 Å². The Bertz CT molecular complexity index is 909. The van der Waals surface area contributed by atoms with Gasteiger partial charge in [-0.2, -0.15) is 0 Å². The summed E-state index contributed by atoms with van der Waals surface area (Å²) < 4.78 is 5.65. The van der Waals surface area contributed by atoms with Gasteiger partial charge >= 0.3 is 0 Å². The van der Waals surface area contributed by atoms with Gasteiger partial charge in [0.2, 0.25) is 0 Å². The van der Waals surface area contributed by atoms with Crippen LogP contribution < -0.4 is 0 Å². The van der Waals surface area contributed by atoms with Gasteiger partial charge in [0.15, 0.2) is 0 Å². The highest BCUT2D eigenvalue weighted by Crippen LogP contribution is 2.39. The lowest BCUT2D eigenvalue weighted by Crippen LogP contribution is -1.81. The van der Waals surface area contributed by atoms with Crippen LogP contribution in [0, 0.1) is 0 Å². The molecule has 0 spiro atoms. The number of furan rings is 1. The zero-order valence-corrected chi connectivity index (χ0v) is 12.7. The van der Waals surface area contributed by atoms with Crippen LogP contribution >= 0.6 is 11.8 Å². The van der Waals surface area contributed by atoms with Crippen LogP contribution in [0.15, 0.2) is 99.3 Å². The van der Waals surface area contributed by atoms with Gasteiger partial charge in [-0.15, -0.1) is 0 Å². The van der Waals surface area contributed by atoms with Gasteiger partial charge in [0.1, 0.15) is 11.8 Å². The summed E-state index contributed by atoms with van der Waals surface area (Å²) in [6.45, 7) is 0. The van der Waals surface area contributed by atoms with Crippen molar-refractivity contribution in [3.05, 3.63) is 85.1 Å². The van der Waals surface area contributed by atoms with Crippen LogP contribution in [0.5, 0.6) is 0 Å². The average molecular weight is 302 g/mol. The van der Waals surface area contributed by atoms with Crippen LogP contribution in [0.1, 0.15) is 0 Å². The number of para-hydroxylation sites is 1. The molecule has 2 heteroatoms. The third-order valence-electron chi connectivity index (χ3n) is 3.64. The Balaban J connectivity index is 1.78. The van der Waals surface area contributed by atoms with E-state index in [0.29, 0.717) is 0 Å². The van der Waals surface area contributed by atoms with Crippen molar-refractivity contribution >= 4 is 22.7 Å². The van der Waals surface area contributed by atoms with Gasteiger partial charge in [-0.25, -0.2) is 0 Å². The molecule has 3 aromatic carbocycles. The van der Waals surface area contributed by atoms with Gasteiger partial charge < -0.3 is 4.42 Å². The van der Waals surface area contributed by atoms with Crippen molar-refractivity contribution in [3.8, 4) is 11.1 Å². The third kappa shape index (κ3) is 2.42. The fourth-order valence-electron chi connectivity index (χ4n) is 2.56. The minimum absolute atomic E-state index is 0.933. The molecule has 0 amide bonds. The minimum Gasteiger partial charge on any atom is -0.463 e. The van der Waals surface area contributed by atoms with Gasteiger partial charge in [-0.05, 0) is 29.3 Å². The summed E-state index contributed by atoms with van der Waals surface area (Å²) in [5.41, 5.74) is 3.42. The van der Waals surface area contributed by atoms with Gasteiger partial charge in [-0.3, -0.25) is 0 Å². The van der Waals surface area contributed by atoms with Crippen LogP contribution in [-0.4, -0.2) is 0 Å². The van der Waals surface area contributed by atoms with Crippen molar-refractivity contribution in [1.29, 1.82) is 0 Å². The van der Waals surface area contributed by atoms with Gasteiger partial charge in [0, 0.05) is 10.3 Å². The summed E-state index contributed by atoms with van der Waals surface area (Å²) >= 11 is 1.75. The van der Waals surface area contributed by atoms with E-state index in [4.69, 9.17) is 4.42 Å². The maximum absolute atomic E-state index is 5.65. The molecule has 106 valence electrons. The van der Waals surface area contributed by atoms with Gasteiger partial charge in [0.05, 0.1) is 4.90 Å². The first-order valence-electron chi connectivity index (χ1n) is 7.20. The molecule has 0 aliphatic heterocycles. The van der Waals surface area contributed by atoms with Crippen LogP contribution in [-0.2, 0) is 0 Å². The predicted molar refractivity (Wildman–Crippen MR) is 92.2 cm³/mol. The molecule has 0 fully saturated rings. The Hall–Kier alpha value is -2.45. The Labute approximate surface area is 133 Å². The normalized spacial score (nSPS) is 10.9. The fourth-order valence-corrected chi connectivity index (χ4v) is 3.62. The van der Waals surface area contributed by atoms with Crippen LogP contribution in [0.4, 0.5) is 0 Å². The second kappa shape index (κ2) is 5.74. The molecular formula is C20H14OS. The molecule has 4 rings (SSSR count). The third-order valence-corrected chi connectivity index (χ3v) is 4.75. The molecule has 0 aliphatic rings. The first-order chi connectivity index (χ1) is 10.9. The topological polar surface area (TPSA) is 13.1 Å². The fraction of sp³-hybridized carbons (Fsp3) is 0. The molecule has 0 saturated heterocycles. The molecular weight excluding hydrogens is 288 g/mol. The summed E-state index contributed by atoms with van der Waals surface area (Å²) in [5.74, 6) is 0. The molecule has 1 heterocycles. The van der Waals surface area contributed by atoms with E-state index in [1.54, 1.807) is 11.8 Å². The van der Waals surface area contributed by atoms with E-state index in [1.165, 1.54) is 16.0 Å². The lowest BCUT2D eigenvalue weighted by atomic mass is 10.1. The predicted octanol–water partition coefficient (Wildman–Crippen LogP) is 6.25. The van der Waals surface area contributed by atoms with E-state index in [-0.39, 0.29) is 0 Å². The quantitative estimate of drug-likeness (QED) is 0.443. The first-order valence-corrected chi connectivity index (χ1v) is 8.02. The maximum Gasteiger partial charge on any atom is 0.135 e. The van der Waals surface area contributed by atoms with E-state index >= 15 is 0 Å². The minimum atomic E-state index is 0.933. The average Bonchev–Trinajstić information content (AvgIpc) is 2.99. The Morgan fingerprint density at radius 2 is 1.36 bits per heavy atom. The lowest BCUT2D eigenvalue weighted by molar-refractivity contribution is 0.608. The summed E-state index contributed by atoms with van der Waals surface area (Å²) in [4.78, 5) is 2.39. The SMILES string of the molecule is c1ccc(-c2ccccc2Sc2coc3ccccc23)cc1. The highest BCUT2D eigenvalue weighted by molar-refractivity contribution is 7.99. The summed E-state index contributed by atoms with van der Waals surface area (Å²) in [7, 11) is 0. The van der Waals surface area contributed by atoms with E-state index < -0.39 is 0 Å². The Morgan fingerprint density at radius 3 is 2.27 bits per heavy atom. The molecule has 1 aromatic heterocycles. The largest absolute Gasteiger partial charge is 0.463 e. The molecule has 0 saturated carbocycles. The zero-order valence-electron chi connectivity index (χ0n) is 11.9. The zero-order chi connectivity index (χ0) is 14.8. The Kier molecular flexibility index (Phi) is 3.45. The van der Waals surface area contributed by atoms with Crippen LogP contribution in [0.3, 0.4) is 0 Å². The van der Waals surface area contributed by atoms with Crippen LogP contribution in [0.2, 0.25) is 0 Å². The molecule has 1 nitrogen and oxygen atoms in total. The van der Waals surface area contributed by atoms with Gasteiger partial charge in [-0.1, -0.05) is 72.4 Å². The van der Waals surface area contributed by atoms with E-state index in [0.717, 1.165) is 15.9 Å². The summed E-state index contributed by atoms with van der Waals surface area (Å²) in [6, 6.07) is 27.1. The molecule has 0 radical (unpaired) electrons. The molecule has 22 heavy (non-hydrogen) atoms. The number of fused-ring (bicyclic) bond motifs is 1. The smallest absolute Gasteiger partial charge is 0.135 e. The number of hydrogen-bond acceptors (Lipinski definition) is 2. The van der Waals surface area contributed by atoms with Crippen molar-refractivity contribution in [2.24, 2.45) is 0 Å². The summed E-state index contributed by atoms with van der Waals surface area (Å²) in [6.07, 6.45) is 1.84. The molecule has 0 unspecified atom stereocenters. The highest BCUT2D eigenvalue weighted by atomic mass is 32.2. The number of hydrogen-bond donors (Lipinski definition) is 0. The number of rotatable bonds is 3. The number of benzene rings is 3. The molecule has 0 atom stereocenters. The van der Waals surface area contributed by atoms with Crippen molar-refractivity contribution in [2.45, 2.75) is 9.79 Å². The molecule has 0 N–H and O–H groups in total. The molecule has 0 aliphatic carbocycles. The molecule has 4 aromatic rings. The highest BCUT2D eigenvalue weighted by Gasteiger charge is 2.10. The van der Waals surface area contributed by atoms with Crippen molar-refractivity contribution < 1.29 is 4.42 Å².